The van der Waals surface area contributed by atoms with Crippen LogP contribution in [-0.4, -0.2) is 97.5 Å². The number of hydrogen-bond acceptors (Lipinski definition) is 11. The quantitative estimate of drug-likeness (QED) is 0.0203. The van der Waals surface area contributed by atoms with Gasteiger partial charge in [-0.15, -0.1) is 0 Å². The summed E-state index contributed by atoms with van der Waals surface area (Å²) in [5, 5.41) is 30.5. The highest BCUT2D eigenvalue weighted by atomic mass is 32.3. The highest BCUT2D eigenvalue weighted by Crippen LogP contribution is 2.26. The van der Waals surface area contributed by atoms with Crippen molar-refractivity contribution >= 4 is 16.4 Å². The SMILES string of the molecule is CCCCCCC/C=C\C/C=C\C/C=C\CCCCCCCCCOCC(COC1OC(CO)C(O)C(OS(=O)(=O)O)C1O)OC(=O)CCCCCCCCC. The summed E-state index contributed by atoms with van der Waals surface area (Å²) in [4.78, 5) is 12.7. The van der Waals surface area contributed by atoms with Gasteiger partial charge in [-0.1, -0.05) is 147 Å². The lowest BCUT2D eigenvalue weighted by molar-refractivity contribution is -0.301. The summed E-state index contributed by atoms with van der Waals surface area (Å²) in [6.45, 7) is 3.89. The van der Waals surface area contributed by atoms with Gasteiger partial charge in [0.15, 0.2) is 6.29 Å². The number of esters is 1. The number of unbranched alkanes of at least 4 members (excludes halogenated alkanes) is 18. The lowest BCUT2D eigenvalue weighted by atomic mass is 9.99. The Morgan fingerprint density at radius 1 is 0.679 bits per heavy atom. The molecule has 1 aliphatic rings. The van der Waals surface area contributed by atoms with Crippen molar-refractivity contribution in [1.82, 2.24) is 0 Å². The van der Waals surface area contributed by atoms with E-state index in [1.807, 2.05) is 0 Å². The Bertz CT molecular complexity index is 1130. The van der Waals surface area contributed by atoms with Crippen LogP contribution in [0.3, 0.4) is 0 Å². The van der Waals surface area contributed by atoms with Crippen LogP contribution in [0.1, 0.15) is 168 Å². The average molecular weight is 819 g/mol. The van der Waals surface area contributed by atoms with Crippen molar-refractivity contribution in [2.75, 3.05) is 26.4 Å². The number of carbonyl (C=O) groups is 1. The van der Waals surface area contributed by atoms with E-state index >= 15 is 0 Å². The van der Waals surface area contributed by atoms with Gasteiger partial charge in [0.1, 0.15) is 30.5 Å². The Morgan fingerprint density at radius 3 is 1.71 bits per heavy atom. The molecule has 0 spiro atoms. The standard InChI is InChI=1S/C43H78O12S/c1-3-5-7-9-11-12-13-14-15-16-17-18-19-20-21-22-23-24-25-27-29-31-33-51-35-37(53-39(45)32-30-28-26-10-8-6-4-2)36-52-43-41(47)42(55-56(48,49)50)40(46)38(34-44)54-43/h13-14,16-17,19-20,37-38,40-44,46-47H,3-12,15,18,21-36H2,1-2H3,(H,48,49,50)/b14-13-,17-16-,20-19-. The molecule has 1 aliphatic heterocycles. The van der Waals surface area contributed by atoms with Crippen LogP contribution < -0.4 is 0 Å². The zero-order valence-corrected chi connectivity index (χ0v) is 35.5. The number of aliphatic hydroxyl groups is 3. The predicted octanol–water partition coefficient (Wildman–Crippen LogP) is 8.63. The van der Waals surface area contributed by atoms with Crippen LogP contribution in [0.2, 0.25) is 0 Å². The Kier molecular flexibility index (Phi) is 33.0. The van der Waals surface area contributed by atoms with E-state index in [0.717, 1.165) is 57.8 Å². The van der Waals surface area contributed by atoms with Gasteiger partial charge < -0.3 is 34.3 Å². The van der Waals surface area contributed by atoms with Crippen molar-refractivity contribution < 1.29 is 56.2 Å². The van der Waals surface area contributed by atoms with Gasteiger partial charge in [-0.2, -0.15) is 8.42 Å². The van der Waals surface area contributed by atoms with Gasteiger partial charge in [-0.3, -0.25) is 9.35 Å². The minimum atomic E-state index is -5.06. The van der Waals surface area contributed by atoms with Crippen molar-refractivity contribution in [1.29, 1.82) is 0 Å². The summed E-state index contributed by atoms with van der Waals surface area (Å²) in [5.74, 6) is -0.411. The van der Waals surface area contributed by atoms with Crippen LogP contribution in [0.5, 0.6) is 0 Å². The van der Waals surface area contributed by atoms with Gasteiger partial charge in [0, 0.05) is 13.0 Å². The summed E-state index contributed by atoms with van der Waals surface area (Å²) in [6, 6.07) is 0. The maximum absolute atomic E-state index is 12.7. The van der Waals surface area contributed by atoms with Crippen molar-refractivity contribution in [3.63, 3.8) is 0 Å². The molecule has 0 bridgehead atoms. The summed E-state index contributed by atoms with van der Waals surface area (Å²) in [5.41, 5.74) is 0. The zero-order valence-electron chi connectivity index (χ0n) is 34.7. The van der Waals surface area contributed by atoms with E-state index in [-0.39, 0.29) is 19.6 Å². The van der Waals surface area contributed by atoms with Crippen molar-refractivity contribution in [3.05, 3.63) is 36.5 Å². The number of aliphatic hydroxyl groups excluding tert-OH is 3. The number of rotatable bonds is 37. The molecule has 6 atom stereocenters. The first-order valence-corrected chi connectivity index (χ1v) is 23.1. The van der Waals surface area contributed by atoms with Gasteiger partial charge in [0.05, 0.1) is 19.8 Å². The summed E-state index contributed by atoms with van der Waals surface area (Å²) < 4.78 is 58.8. The third-order valence-corrected chi connectivity index (χ3v) is 10.2. The normalized spacial score (nSPS) is 21.1. The maximum atomic E-state index is 12.7. The number of allylic oxidation sites excluding steroid dienone is 6. The fourth-order valence-corrected chi connectivity index (χ4v) is 6.95. The third-order valence-electron chi connectivity index (χ3n) is 9.77. The van der Waals surface area contributed by atoms with Gasteiger partial charge >= 0.3 is 16.4 Å². The lowest BCUT2D eigenvalue weighted by Crippen LogP contribution is -2.60. The Hall–Kier alpha value is -1.68. The zero-order chi connectivity index (χ0) is 41.1. The topological polar surface area (TPSA) is 178 Å². The second-order valence-electron chi connectivity index (χ2n) is 14.9. The molecule has 56 heavy (non-hydrogen) atoms. The van der Waals surface area contributed by atoms with Crippen LogP contribution in [-0.2, 0) is 38.3 Å². The van der Waals surface area contributed by atoms with E-state index in [1.54, 1.807) is 0 Å². The maximum Gasteiger partial charge on any atom is 0.397 e. The van der Waals surface area contributed by atoms with Crippen LogP contribution in [0.4, 0.5) is 0 Å². The predicted molar refractivity (Wildman–Crippen MR) is 220 cm³/mol. The van der Waals surface area contributed by atoms with Crippen molar-refractivity contribution in [2.24, 2.45) is 0 Å². The van der Waals surface area contributed by atoms with Gasteiger partial charge in [0.2, 0.25) is 0 Å². The van der Waals surface area contributed by atoms with Gasteiger partial charge in [-0.05, 0) is 51.4 Å². The molecule has 1 fully saturated rings. The van der Waals surface area contributed by atoms with Crippen LogP contribution in [0, 0.1) is 0 Å². The number of hydrogen-bond donors (Lipinski definition) is 4. The molecule has 328 valence electrons. The van der Waals surface area contributed by atoms with Crippen molar-refractivity contribution in [2.45, 2.75) is 205 Å². The molecule has 1 heterocycles. The molecule has 13 heteroatoms. The molecule has 1 rings (SSSR count). The minimum absolute atomic E-state index is 0.0299. The monoisotopic (exact) mass is 819 g/mol. The number of ether oxygens (including phenoxy) is 4. The largest absolute Gasteiger partial charge is 0.457 e. The van der Waals surface area contributed by atoms with Crippen molar-refractivity contribution in [3.8, 4) is 0 Å². The molecular formula is C43H78O12S. The third kappa shape index (κ3) is 28.7. The van der Waals surface area contributed by atoms with E-state index in [1.165, 1.54) is 83.5 Å². The Balaban J connectivity index is 2.34. The van der Waals surface area contributed by atoms with Crippen LogP contribution >= 0.6 is 0 Å². The van der Waals surface area contributed by atoms with Crippen LogP contribution in [0.25, 0.3) is 0 Å². The second kappa shape index (κ2) is 35.3. The van der Waals surface area contributed by atoms with Gasteiger partial charge in [-0.25, -0.2) is 4.18 Å². The molecule has 4 N–H and O–H groups in total. The van der Waals surface area contributed by atoms with E-state index in [4.69, 9.17) is 23.5 Å². The highest BCUT2D eigenvalue weighted by Gasteiger charge is 2.48. The molecular weight excluding hydrogens is 741 g/mol. The van der Waals surface area contributed by atoms with E-state index in [0.29, 0.717) is 13.0 Å². The summed E-state index contributed by atoms with van der Waals surface area (Å²) in [6.07, 6.45) is 30.7. The Morgan fingerprint density at radius 2 is 1.18 bits per heavy atom. The first-order chi connectivity index (χ1) is 27.1. The first-order valence-electron chi connectivity index (χ1n) is 21.7. The molecule has 1 saturated heterocycles. The smallest absolute Gasteiger partial charge is 0.397 e. The molecule has 12 nitrogen and oxygen atoms in total. The molecule has 0 saturated carbocycles. The molecule has 6 unspecified atom stereocenters. The molecule has 0 amide bonds. The highest BCUT2D eigenvalue weighted by molar-refractivity contribution is 7.80. The van der Waals surface area contributed by atoms with E-state index in [9.17, 15) is 28.5 Å². The summed E-state index contributed by atoms with van der Waals surface area (Å²) in [7, 11) is -5.06. The minimum Gasteiger partial charge on any atom is -0.457 e. The molecule has 0 aromatic heterocycles. The van der Waals surface area contributed by atoms with E-state index < -0.39 is 59.8 Å². The van der Waals surface area contributed by atoms with Crippen LogP contribution in [0.15, 0.2) is 36.5 Å². The fourth-order valence-electron chi connectivity index (χ4n) is 6.44. The van der Waals surface area contributed by atoms with Gasteiger partial charge in [0.25, 0.3) is 0 Å². The number of carbonyl (C=O) groups excluding carboxylic acids is 1. The molecule has 0 radical (unpaired) electrons. The molecule has 0 aliphatic carbocycles. The fraction of sp³-hybridized carbons (Fsp3) is 0.837. The lowest BCUT2D eigenvalue weighted by Gasteiger charge is -2.41. The molecule has 0 aromatic carbocycles. The average Bonchev–Trinajstić information content (AvgIpc) is 3.16. The second-order valence-corrected chi connectivity index (χ2v) is 16.0. The molecule has 0 aromatic rings. The summed E-state index contributed by atoms with van der Waals surface area (Å²) >= 11 is 0. The van der Waals surface area contributed by atoms with E-state index in [2.05, 4.69) is 54.5 Å². The Labute approximate surface area is 339 Å². The first kappa shape index (κ1) is 52.3.